The van der Waals surface area contributed by atoms with E-state index >= 15 is 0 Å². The summed E-state index contributed by atoms with van der Waals surface area (Å²) in [6.45, 7) is 7.56. The van der Waals surface area contributed by atoms with Gasteiger partial charge in [-0.15, -0.1) is 0 Å². The van der Waals surface area contributed by atoms with Crippen molar-refractivity contribution < 1.29 is 35.1 Å². The van der Waals surface area contributed by atoms with Gasteiger partial charge in [-0.05, 0) is 36.2 Å². The Bertz CT molecular complexity index is 749. The molecule has 0 unspecified atom stereocenters. The minimum Gasteiger partial charge on any atom is -0.391 e. The molecule has 2 aliphatic heterocycles. The van der Waals surface area contributed by atoms with E-state index in [1.54, 1.807) is 0 Å². The van der Waals surface area contributed by atoms with Crippen LogP contribution in [0.2, 0.25) is 0 Å². The molecule has 6 fully saturated rings. The third kappa shape index (κ3) is 1.56. The number of fused-ring (bicyclic) bond motifs is 2. The molecule has 2 heterocycles. The SMILES string of the molecule is C=C1C(=O)[C@]23[C@H](O)[C@H]1CC[C@H]2[C@@]12CO[C@]3(O)[C@@H](O)[C@@H]1C(C)(C)C[C@H](O)[C@H]2O. The lowest BCUT2D eigenvalue weighted by atomic mass is 9.35. The van der Waals surface area contributed by atoms with Gasteiger partial charge in [0.15, 0.2) is 5.78 Å². The Balaban J connectivity index is 1.82. The maximum absolute atomic E-state index is 13.4. The highest BCUT2D eigenvalue weighted by molar-refractivity contribution is 6.05. The second-order valence-corrected chi connectivity index (χ2v) is 10.1. The van der Waals surface area contributed by atoms with Gasteiger partial charge in [0.2, 0.25) is 5.79 Å². The molecule has 5 N–H and O–H groups in total. The smallest absolute Gasteiger partial charge is 0.208 e. The van der Waals surface area contributed by atoms with Crippen molar-refractivity contribution in [3.63, 3.8) is 0 Å². The number of Topliss-reactive ketones (excluding diaryl/α,β-unsaturated/α-hetero) is 1. The quantitative estimate of drug-likeness (QED) is 0.353. The number of hydrogen-bond donors (Lipinski definition) is 5. The highest BCUT2D eigenvalue weighted by Crippen LogP contribution is 2.76. The van der Waals surface area contributed by atoms with Crippen molar-refractivity contribution in [2.45, 2.75) is 63.3 Å². The molecule has 150 valence electrons. The van der Waals surface area contributed by atoms with Crippen LogP contribution in [0.3, 0.4) is 0 Å². The van der Waals surface area contributed by atoms with Crippen molar-refractivity contribution in [3.8, 4) is 0 Å². The molecule has 7 nitrogen and oxygen atoms in total. The molecule has 27 heavy (non-hydrogen) atoms. The van der Waals surface area contributed by atoms with Gasteiger partial charge in [-0.1, -0.05) is 20.4 Å². The van der Waals surface area contributed by atoms with Crippen LogP contribution in [0.25, 0.3) is 0 Å². The monoisotopic (exact) mass is 380 g/mol. The van der Waals surface area contributed by atoms with Gasteiger partial charge >= 0.3 is 0 Å². The lowest BCUT2D eigenvalue weighted by Crippen LogP contribution is -2.86. The van der Waals surface area contributed by atoms with E-state index in [2.05, 4.69) is 6.58 Å². The van der Waals surface area contributed by atoms with Crippen LogP contribution in [-0.2, 0) is 9.53 Å². The molecule has 2 spiro atoms. The van der Waals surface area contributed by atoms with Crippen molar-refractivity contribution in [1.29, 1.82) is 0 Å². The Kier molecular flexibility index (Phi) is 3.26. The standard InChI is InChI=1S/C20H28O7/c1-8-9-4-5-11-18-7-27-20(26,19(11,13(8)22)14(9)23)16(25)12(18)17(2,3)6-10(21)15(18)24/h9-12,14-16,21,23-26H,1,4-7H2,2-3H3/t9-,10-,11-,12+,14+,15+,16-,18-,19-,20+/m0/s1. The van der Waals surface area contributed by atoms with Gasteiger partial charge in [0.25, 0.3) is 0 Å². The highest BCUT2D eigenvalue weighted by Gasteiger charge is 2.87. The number of rotatable bonds is 0. The maximum atomic E-state index is 13.4. The van der Waals surface area contributed by atoms with Crippen molar-refractivity contribution in [1.82, 2.24) is 0 Å². The predicted molar refractivity (Wildman–Crippen MR) is 92.0 cm³/mol. The number of ether oxygens (including phenoxy) is 1. The van der Waals surface area contributed by atoms with Gasteiger partial charge in [-0.25, -0.2) is 0 Å². The molecule has 10 atom stereocenters. The summed E-state index contributed by atoms with van der Waals surface area (Å²) >= 11 is 0. The molecule has 4 bridgehead atoms. The molecule has 0 radical (unpaired) electrons. The first-order chi connectivity index (χ1) is 12.5. The summed E-state index contributed by atoms with van der Waals surface area (Å²) in [4.78, 5) is 13.4. The van der Waals surface area contributed by atoms with Crippen LogP contribution in [0.5, 0.6) is 0 Å². The Morgan fingerprint density at radius 1 is 1.07 bits per heavy atom. The molecular formula is C20H28O7. The summed E-state index contributed by atoms with van der Waals surface area (Å²) in [6.07, 6.45) is -3.70. The average Bonchev–Trinajstić information content (AvgIpc) is 2.70. The van der Waals surface area contributed by atoms with E-state index in [0.29, 0.717) is 12.8 Å². The Morgan fingerprint density at radius 2 is 1.74 bits per heavy atom. The Hall–Kier alpha value is -0.830. The van der Waals surface area contributed by atoms with Gasteiger partial charge in [0.05, 0.1) is 24.9 Å². The van der Waals surface area contributed by atoms with Crippen molar-refractivity contribution >= 4 is 5.78 Å². The van der Waals surface area contributed by atoms with Crippen LogP contribution in [0.15, 0.2) is 12.2 Å². The predicted octanol–water partition coefficient (Wildman–Crippen LogP) is -0.654. The molecule has 4 saturated carbocycles. The molecular weight excluding hydrogens is 352 g/mol. The Morgan fingerprint density at radius 3 is 2.41 bits per heavy atom. The minimum atomic E-state index is -2.24. The first-order valence-electron chi connectivity index (χ1n) is 9.80. The van der Waals surface area contributed by atoms with E-state index in [0.717, 1.165) is 0 Å². The number of hydrogen-bond acceptors (Lipinski definition) is 7. The fourth-order valence-electron chi connectivity index (χ4n) is 8.04. The van der Waals surface area contributed by atoms with Crippen LogP contribution < -0.4 is 0 Å². The van der Waals surface area contributed by atoms with Crippen LogP contribution in [-0.4, -0.2) is 68.1 Å². The third-order valence-corrected chi connectivity index (χ3v) is 8.85. The van der Waals surface area contributed by atoms with Crippen LogP contribution in [0.1, 0.15) is 33.1 Å². The normalized spacial score (nSPS) is 60.9. The van der Waals surface area contributed by atoms with E-state index in [1.165, 1.54) is 0 Å². The van der Waals surface area contributed by atoms with E-state index in [4.69, 9.17) is 4.74 Å². The molecule has 6 aliphatic rings. The molecule has 0 amide bonds. The fraction of sp³-hybridized carbons (Fsp3) is 0.850. The minimum absolute atomic E-state index is 0.0730. The largest absolute Gasteiger partial charge is 0.391 e. The number of carbonyl (C=O) groups excluding carboxylic acids is 1. The van der Waals surface area contributed by atoms with E-state index in [-0.39, 0.29) is 18.6 Å². The second-order valence-electron chi connectivity index (χ2n) is 10.1. The van der Waals surface area contributed by atoms with Crippen molar-refractivity contribution in [3.05, 3.63) is 12.2 Å². The van der Waals surface area contributed by atoms with Gasteiger partial charge in [-0.3, -0.25) is 4.79 Å². The zero-order chi connectivity index (χ0) is 19.7. The van der Waals surface area contributed by atoms with Crippen LogP contribution in [0.4, 0.5) is 0 Å². The van der Waals surface area contributed by atoms with Gasteiger partial charge in [0.1, 0.15) is 11.5 Å². The lowest BCUT2D eigenvalue weighted by molar-refractivity contribution is -0.462. The topological polar surface area (TPSA) is 127 Å². The van der Waals surface area contributed by atoms with Crippen molar-refractivity contribution in [2.75, 3.05) is 6.61 Å². The maximum Gasteiger partial charge on any atom is 0.208 e. The zero-order valence-corrected chi connectivity index (χ0v) is 15.6. The fourth-order valence-corrected chi connectivity index (χ4v) is 8.04. The molecule has 6 rings (SSSR count). The summed E-state index contributed by atoms with van der Waals surface area (Å²) in [6, 6.07) is 0. The summed E-state index contributed by atoms with van der Waals surface area (Å²) in [7, 11) is 0. The highest BCUT2D eigenvalue weighted by atomic mass is 16.6. The lowest BCUT2D eigenvalue weighted by Gasteiger charge is -2.75. The summed E-state index contributed by atoms with van der Waals surface area (Å²) in [5.41, 5.74) is -3.23. The zero-order valence-electron chi connectivity index (χ0n) is 15.6. The number of aliphatic hydroxyl groups is 5. The molecule has 2 saturated heterocycles. The van der Waals surface area contributed by atoms with E-state index in [9.17, 15) is 30.3 Å². The molecule has 0 aromatic rings. The van der Waals surface area contributed by atoms with Crippen molar-refractivity contribution in [2.24, 2.45) is 34.0 Å². The van der Waals surface area contributed by atoms with Gasteiger partial charge < -0.3 is 30.3 Å². The molecule has 7 heteroatoms. The van der Waals surface area contributed by atoms with E-state index in [1.807, 2.05) is 13.8 Å². The average molecular weight is 380 g/mol. The Labute approximate surface area is 157 Å². The van der Waals surface area contributed by atoms with Crippen LogP contribution in [0, 0.1) is 34.0 Å². The van der Waals surface area contributed by atoms with Gasteiger partial charge in [0, 0.05) is 17.3 Å². The molecule has 0 aromatic heterocycles. The summed E-state index contributed by atoms with van der Waals surface area (Å²) in [5, 5.41) is 55.8. The number of ketones is 1. The summed E-state index contributed by atoms with van der Waals surface area (Å²) < 4.78 is 5.74. The van der Waals surface area contributed by atoms with Gasteiger partial charge in [-0.2, -0.15) is 0 Å². The first-order valence-corrected chi connectivity index (χ1v) is 9.80. The van der Waals surface area contributed by atoms with Crippen LogP contribution >= 0.6 is 0 Å². The molecule has 4 aliphatic carbocycles. The number of aliphatic hydroxyl groups excluding tert-OH is 4. The first kappa shape index (κ1) is 18.2. The molecule has 0 aromatic carbocycles. The summed E-state index contributed by atoms with van der Waals surface area (Å²) in [5.74, 6) is -4.39. The van der Waals surface area contributed by atoms with E-state index < -0.39 is 70.0 Å². The third-order valence-electron chi connectivity index (χ3n) is 8.85. The number of carbonyl (C=O) groups is 1. The second kappa shape index (κ2) is 4.83.